The van der Waals surface area contributed by atoms with Gasteiger partial charge in [-0.05, 0) is 42.7 Å². The van der Waals surface area contributed by atoms with Gasteiger partial charge in [0.2, 0.25) is 5.89 Å². The highest BCUT2D eigenvalue weighted by Gasteiger charge is 2.38. The molecule has 0 amide bonds. The highest BCUT2D eigenvalue weighted by atomic mass is 16.4. The third-order valence-electron chi connectivity index (χ3n) is 6.50. The maximum Gasteiger partial charge on any atom is 0.226 e. The number of ketones is 1. The molecule has 1 aromatic heterocycles. The van der Waals surface area contributed by atoms with E-state index in [0.717, 1.165) is 22.4 Å². The van der Waals surface area contributed by atoms with Gasteiger partial charge in [-0.3, -0.25) is 9.79 Å². The minimum atomic E-state index is -0.801. The molecule has 2 aromatic carbocycles. The molecule has 0 spiro atoms. The molecule has 2 aliphatic rings. The van der Waals surface area contributed by atoms with Crippen molar-refractivity contribution in [2.24, 2.45) is 10.4 Å². The molecule has 0 fully saturated rings. The van der Waals surface area contributed by atoms with E-state index in [9.17, 15) is 20.1 Å². The van der Waals surface area contributed by atoms with Crippen molar-refractivity contribution in [1.82, 2.24) is 4.98 Å². The summed E-state index contributed by atoms with van der Waals surface area (Å²) in [4.78, 5) is 21.5. The van der Waals surface area contributed by atoms with Crippen molar-refractivity contribution in [3.63, 3.8) is 0 Å². The quantitative estimate of drug-likeness (QED) is 0.570. The standard InChI is InChI=1S/C25H24N2O5/c1-14(30)20-10-26-21-7-15(4-5-18(20)21)23-11-27-24(32-23)16-2-3-17-8-25(12-28,13-29)9-22(31)19(17)6-16/h2-7,10-11,14,20,28-30H,8-9,12-13H2,1H3. The number of aliphatic imine (C=N–C) groups is 1. The third-order valence-corrected chi connectivity index (χ3v) is 6.50. The number of carbonyl (C=O) groups is 1. The van der Waals surface area contributed by atoms with E-state index in [1.54, 1.807) is 25.4 Å². The van der Waals surface area contributed by atoms with Gasteiger partial charge in [-0.15, -0.1) is 0 Å². The lowest BCUT2D eigenvalue weighted by molar-refractivity contribution is 0.0387. The molecule has 3 N–H and O–H groups in total. The lowest BCUT2D eigenvalue weighted by Crippen LogP contribution is -2.38. The van der Waals surface area contributed by atoms with Crippen LogP contribution in [0.15, 0.2) is 52.0 Å². The number of Topliss-reactive ketones (excluding diaryl/α,β-unsaturated/α-hetero) is 1. The van der Waals surface area contributed by atoms with Crippen LogP contribution < -0.4 is 0 Å². The average molecular weight is 432 g/mol. The Kier molecular flexibility index (Phi) is 5.04. The second-order valence-corrected chi connectivity index (χ2v) is 8.81. The van der Waals surface area contributed by atoms with Crippen LogP contribution in [-0.2, 0) is 6.42 Å². The molecule has 164 valence electrons. The number of benzene rings is 2. The fourth-order valence-corrected chi connectivity index (χ4v) is 4.56. The number of rotatable bonds is 5. The van der Waals surface area contributed by atoms with Gasteiger partial charge in [0.05, 0.1) is 31.2 Å². The molecule has 32 heavy (non-hydrogen) atoms. The first-order valence-electron chi connectivity index (χ1n) is 10.6. The molecule has 7 heteroatoms. The summed E-state index contributed by atoms with van der Waals surface area (Å²) in [6.07, 6.45) is 3.45. The van der Waals surface area contributed by atoms with Crippen molar-refractivity contribution in [3.05, 3.63) is 59.3 Å². The molecule has 2 atom stereocenters. The maximum absolute atomic E-state index is 12.7. The minimum absolute atomic E-state index is 0.104. The zero-order valence-electron chi connectivity index (χ0n) is 17.7. The largest absolute Gasteiger partial charge is 0.436 e. The van der Waals surface area contributed by atoms with E-state index in [4.69, 9.17) is 4.42 Å². The number of aromatic nitrogens is 1. The average Bonchev–Trinajstić information content (AvgIpc) is 3.46. The predicted octanol–water partition coefficient (Wildman–Crippen LogP) is 3.29. The number of fused-ring (bicyclic) bond motifs is 2. The number of carbonyl (C=O) groups excluding carboxylic acids is 1. The van der Waals surface area contributed by atoms with Crippen LogP contribution >= 0.6 is 0 Å². The van der Waals surface area contributed by atoms with Gasteiger partial charge in [0.1, 0.15) is 0 Å². The van der Waals surface area contributed by atoms with Crippen LogP contribution in [-0.4, -0.2) is 51.6 Å². The van der Waals surface area contributed by atoms with Crippen LogP contribution in [0.5, 0.6) is 0 Å². The van der Waals surface area contributed by atoms with Crippen molar-refractivity contribution >= 4 is 17.7 Å². The highest BCUT2D eigenvalue weighted by Crippen LogP contribution is 2.39. The number of nitrogens with zero attached hydrogens (tertiary/aromatic N) is 2. The van der Waals surface area contributed by atoms with E-state index in [2.05, 4.69) is 9.98 Å². The second kappa shape index (κ2) is 7.78. The topological polar surface area (TPSA) is 116 Å². The van der Waals surface area contributed by atoms with Crippen LogP contribution in [0, 0.1) is 5.41 Å². The van der Waals surface area contributed by atoms with E-state index in [0.29, 0.717) is 29.2 Å². The summed E-state index contributed by atoms with van der Waals surface area (Å²) in [7, 11) is 0. The Morgan fingerprint density at radius 2 is 1.91 bits per heavy atom. The van der Waals surface area contributed by atoms with Crippen molar-refractivity contribution in [3.8, 4) is 22.8 Å². The van der Waals surface area contributed by atoms with Crippen LogP contribution in [0.1, 0.15) is 40.7 Å². The number of aliphatic hydroxyl groups excluding tert-OH is 3. The molecule has 1 aliphatic heterocycles. The molecule has 1 aliphatic carbocycles. The first-order chi connectivity index (χ1) is 15.4. The molecule has 0 saturated carbocycles. The number of hydrogen-bond acceptors (Lipinski definition) is 7. The first-order valence-corrected chi connectivity index (χ1v) is 10.6. The lowest BCUT2D eigenvalue weighted by Gasteiger charge is -2.34. The molecule has 0 bridgehead atoms. The summed E-state index contributed by atoms with van der Waals surface area (Å²) in [6, 6.07) is 11.2. The molecule has 7 nitrogen and oxygen atoms in total. The molecule has 0 radical (unpaired) electrons. The van der Waals surface area contributed by atoms with Crippen molar-refractivity contribution in [2.75, 3.05) is 13.2 Å². The SMILES string of the molecule is CC(O)C1C=Nc2cc(-c3cnc(-c4ccc5c(c4)C(=O)CC(CO)(CO)C5)o3)ccc21. The molecule has 5 rings (SSSR count). The van der Waals surface area contributed by atoms with Gasteiger partial charge >= 0.3 is 0 Å². The highest BCUT2D eigenvalue weighted by molar-refractivity contribution is 6.00. The van der Waals surface area contributed by atoms with Gasteiger partial charge in [0, 0.05) is 40.7 Å². The van der Waals surface area contributed by atoms with Gasteiger partial charge in [-0.2, -0.15) is 0 Å². The Morgan fingerprint density at radius 3 is 2.66 bits per heavy atom. The molecule has 0 saturated heterocycles. The summed E-state index contributed by atoms with van der Waals surface area (Å²) >= 11 is 0. The fourth-order valence-electron chi connectivity index (χ4n) is 4.56. The van der Waals surface area contributed by atoms with E-state index in [-0.39, 0.29) is 31.3 Å². The van der Waals surface area contributed by atoms with Gasteiger partial charge in [-0.25, -0.2) is 4.98 Å². The monoisotopic (exact) mass is 432 g/mol. The number of aliphatic hydroxyl groups is 3. The van der Waals surface area contributed by atoms with E-state index in [1.165, 1.54) is 0 Å². The summed E-state index contributed by atoms with van der Waals surface area (Å²) in [5.74, 6) is 0.782. The van der Waals surface area contributed by atoms with Crippen LogP contribution in [0.25, 0.3) is 22.8 Å². The van der Waals surface area contributed by atoms with E-state index < -0.39 is 11.5 Å². The smallest absolute Gasteiger partial charge is 0.226 e. The van der Waals surface area contributed by atoms with Crippen molar-refractivity contribution < 1.29 is 24.5 Å². The van der Waals surface area contributed by atoms with Gasteiger partial charge in [0.25, 0.3) is 0 Å². The molecule has 2 heterocycles. The molecule has 3 aromatic rings. The summed E-state index contributed by atoms with van der Waals surface area (Å²) in [5.41, 5.74) is 3.90. The summed E-state index contributed by atoms with van der Waals surface area (Å²) < 4.78 is 6.00. The summed E-state index contributed by atoms with van der Waals surface area (Å²) in [6.45, 7) is 1.28. The zero-order chi connectivity index (χ0) is 22.5. The maximum atomic E-state index is 12.7. The van der Waals surface area contributed by atoms with Gasteiger partial charge in [-0.1, -0.05) is 18.2 Å². The Bertz CT molecular complexity index is 1220. The Morgan fingerprint density at radius 1 is 1.12 bits per heavy atom. The second-order valence-electron chi connectivity index (χ2n) is 8.81. The van der Waals surface area contributed by atoms with Gasteiger partial charge < -0.3 is 19.7 Å². The van der Waals surface area contributed by atoms with Crippen molar-refractivity contribution in [1.29, 1.82) is 0 Å². The van der Waals surface area contributed by atoms with Crippen molar-refractivity contribution in [2.45, 2.75) is 31.8 Å². The van der Waals surface area contributed by atoms with E-state index >= 15 is 0 Å². The predicted molar refractivity (Wildman–Crippen MR) is 119 cm³/mol. The first kappa shape index (κ1) is 20.8. The molecular weight excluding hydrogens is 408 g/mol. The normalized spacial score (nSPS) is 19.6. The molecule has 2 unspecified atom stereocenters. The Hall–Kier alpha value is -3.13. The van der Waals surface area contributed by atoms with Gasteiger partial charge in [0.15, 0.2) is 11.5 Å². The molecular formula is C25H24N2O5. The number of oxazole rings is 1. The van der Waals surface area contributed by atoms with Crippen LogP contribution in [0.3, 0.4) is 0 Å². The van der Waals surface area contributed by atoms with Crippen LogP contribution in [0.4, 0.5) is 5.69 Å². The minimum Gasteiger partial charge on any atom is -0.436 e. The van der Waals surface area contributed by atoms with Crippen LogP contribution in [0.2, 0.25) is 0 Å². The Balaban J connectivity index is 1.44. The fraction of sp³-hybridized carbons (Fsp3) is 0.320. The van der Waals surface area contributed by atoms with E-state index in [1.807, 2.05) is 30.3 Å². The number of hydrogen-bond donors (Lipinski definition) is 3. The Labute approximate surface area is 185 Å². The lowest BCUT2D eigenvalue weighted by atomic mass is 9.71. The zero-order valence-corrected chi connectivity index (χ0v) is 17.7. The third kappa shape index (κ3) is 3.39. The summed E-state index contributed by atoms with van der Waals surface area (Å²) in [5, 5.41) is 29.2.